The SMILES string of the molecule is Cc1cc(=O)cc(C)n1-c1ccc(N)cc1Cl. The number of hydrogen-bond acceptors (Lipinski definition) is 2. The molecule has 0 amide bonds. The Morgan fingerprint density at radius 3 is 2.24 bits per heavy atom. The minimum Gasteiger partial charge on any atom is -0.399 e. The molecule has 1 aromatic carbocycles. The maximum Gasteiger partial charge on any atom is 0.182 e. The summed E-state index contributed by atoms with van der Waals surface area (Å²) in [6.07, 6.45) is 0. The zero-order chi connectivity index (χ0) is 12.6. The maximum atomic E-state index is 11.4. The van der Waals surface area contributed by atoms with Gasteiger partial charge in [0.15, 0.2) is 5.43 Å². The van der Waals surface area contributed by atoms with E-state index in [1.54, 1.807) is 24.3 Å². The standard InChI is InChI=1S/C13H13ClN2O/c1-8-5-11(17)6-9(2)16(8)13-4-3-10(15)7-12(13)14/h3-7H,15H2,1-2H3. The van der Waals surface area contributed by atoms with Gasteiger partial charge in [-0.1, -0.05) is 11.6 Å². The highest BCUT2D eigenvalue weighted by Gasteiger charge is 2.07. The van der Waals surface area contributed by atoms with Gasteiger partial charge in [-0.2, -0.15) is 0 Å². The van der Waals surface area contributed by atoms with E-state index in [2.05, 4.69) is 0 Å². The third kappa shape index (κ3) is 2.19. The lowest BCUT2D eigenvalue weighted by Gasteiger charge is -2.15. The highest BCUT2D eigenvalue weighted by Crippen LogP contribution is 2.24. The zero-order valence-corrected chi connectivity index (χ0v) is 10.5. The van der Waals surface area contributed by atoms with Gasteiger partial charge in [-0.25, -0.2) is 0 Å². The molecular weight excluding hydrogens is 236 g/mol. The molecule has 2 N–H and O–H groups in total. The molecule has 2 rings (SSSR count). The van der Waals surface area contributed by atoms with E-state index >= 15 is 0 Å². The summed E-state index contributed by atoms with van der Waals surface area (Å²) in [5.41, 5.74) is 8.81. The number of benzene rings is 1. The molecule has 1 aromatic heterocycles. The van der Waals surface area contributed by atoms with Gasteiger partial charge in [-0.05, 0) is 32.0 Å². The first-order valence-electron chi connectivity index (χ1n) is 5.25. The largest absolute Gasteiger partial charge is 0.399 e. The molecule has 0 atom stereocenters. The van der Waals surface area contributed by atoms with Gasteiger partial charge in [0.1, 0.15) is 0 Å². The van der Waals surface area contributed by atoms with Gasteiger partial charge in [0, 0.05) is 29.2 Å². The third-order valence-corrected chi connectivity index (χ3v) is 2.92. The molecule has 0 saturated carbocycles. The lowest BCUT2D eigenvalue weighted by molar-refractivity contribution is 0.922. The zero-order valence-electron chi connectivity index (χ0n) is 9.70. The first-order chi connectivity index (χ1) is 7.99. The van der Waals surface area contributed by atoms with Crippen molar-refractivity contribution in [3.63, 3.8) is 0 Å². The predicted molar refractivity (Wildman–Crippen MR) is 70.9 cm³/mol. The molecular formula is C13H13ClN2O. The quantitative estimate of drug-likeness (QED) is 0.789. The average molecular weight is 249 g/mol. The smallest absolute Gasteiger partial charge is 0.182 e. The Bertz CT molecular complexity index is 606. The maximum absolute atomic E-state index is 11.4. The molecule has 88 valence electrons. The molecule has 17 heavy (non-hydrogen) atoms. The number of halogens is 1. The lowest BCUT2D eigenvalue weighted by Crippen LogP contribution is -2.11. The topological polar surface area (TPSA) is 48.0 Å². The van der Waals surface area contributed by atoms with Gasteiger partial charge < -0.3 is 10.3 Å². The number of aromatic nitrogens is 1. The summed E-state index contributed by atoms with van der Waals surface area (Å²) in [5, 5.41) is 0.569. The molecule has 0 saturated heterocycles. The van der Waals surface area contributed by atoms with Crippen LogP contribution in [0.2, 0.25) is 5.02 Å². The van der Waals surface area contributed by atoms with Crippen LogP contribution >= 0.6 is 11.6 Å². The molecule has 0 spiro atoms. The van der Waals surface area contributed by atoms with Crippen molar-refractivity contribution >= 4 is 17.3 Å². The van der Waals surface area contributed by atoms with E-state index < -0.39 is 0 Å². The van der Waals surface area contributed by atoms with E-state index in [4.69, 9.17) is 17.3 Å². The highest BCUT2D eigenvalue weighted by atomic mass is 35.5. The second kappa shape index (κ2) is 4.26. The van der Waals surface area contributed by atoms with Crippen LogP contribution in [-0.4, -0.2) is 4.57 Å². The van der Waals surface area contributed by atoms with Crippen molar-refractivity contribution in [2.24, 2.45) is 0 Å². The summed E-state index contributed by atoms with van der Waals surface area (Å²) in [6.45, 7) is 3.75. The van der Waals surface area contributed by atoms with Crippen LogP contribution < -0.4 is 11.2 Å². The van der Waals surface area contributed by atoms with Crippen LogP contribution in [0.1, 0.15) is 11.4 Å². The van der Waals surface area contributed by atoms with Crippen molar-refractivity contribution in [1.29, 1.82) is 0 Å². The Kier molecular flexibility index (Phi) is 2.94. The minimum atomic E-state index is 0.00261. The van der Waals surface area contributed by atoms with Crippen LogP contribution in [0.25, 0.3) is 5.69 Å². The van der Waals surface area contributed by atoms with Gasteiger partial charge >= 0.3 is 0 Å². The summed E-state index contributed by atoms with van der Waals surface area (Å²) >= 11 is 6.17. The number of hydrogen-bond donors (Lipinski definition) is 1. The second-order valence-corrected chi connectivity index (χ2v) is 4.43. The summed E-state index contributed by atoms with van der Waals surface area (Å²) in [6, 6.07) is 8.51. The van der Waals surface area contributed by atoms with Crippen LogP contribution in [0.3, 0.4) is 0 Å². The molecule has 1 heterocycles. The monoisotopic (exact) mass is 248 g/mol. The summed E-state index contributed by atoms with van der Waals surface area (Å²) in [5.74, 6) is 0. The predicted octanol–water partition coefficient (Wildman–Crippen LogP) is 2.69. The van der Waals surface area contributed by atoms with Crippen molar-refractivity contribution in [3.05, 3.63) is 57.0 Å². The van der Waals surface area contributed by atoms with Crippen molar-refractivity contribution in [3.8, 4) is 5.69 Å². The Morgan fingerprint density at radius 2 is 1.71 bits per heavy atom. The molecule has 2 aromatic rings. The first kappa shape index (κ1) is 11.7. The van der Waals surface area contributed by atoms with Crippen LogP contribution in [-0.2, 0) is 0 Å². The van der Waals surface area contributed by atoms with Gasteiger partial charge in [0.05, 0.1) is 10.7 Å². The van der Waals surface area contributed by atoms with E-state index in [9.17, 15) is 4.79 Å². The lowest BCUT2D eigenvalue weighted by atomic mass is 10.2. The van der Waals surface area contributed by atoms with Gasteiger partial charge in [0.2, 0.25) is 0 Å². The Labute approximate surface area is 104 Å². The first-order valence-corrected chi connectivity index (χ1v) is 5.62. The second-order valence-electron chi connectivity index (χ2n) is 4.02. The highest BCUT2D eigenvalue weighted by molar-refractivity contribution is 6.32. The van der Waals surface area contributed by atoms with Crippen LogP contribution in [0.15, 0.2) is 35.1 Å². The minimum absolute atomic E-state index is 0.00261. The molecule has 4 heteroatoms. The Hall–Kier alpha value is -1.74. The molecule has 3 nitrogen and oxygen atoms in total. The fourth-order valence-corrected chi connectivity index (χ4v) is 2.22. The Balaban J connectivity index is 2.73. The average Bonchev–Trinajstić information content (AvgIpc) is 2.19. The summed E-state index contributed by atoms with van der Waals surface area (Å²) in [7, 11) is 0. The van der Waals surface area contributed by atoms with Gasteiger partial charge in [0.25, 0.3) is 0 Å². The van der Waals surface area contributed by atoms with Crippen molar-refractivity contribution in [1.82, 2.24) is 4.57 Å². The summed E-state index contributed by atoms with van der Waals surface area (Å²) < 4.78 is 1.93. The molecule has 0 bridgehead atoms. The number of anilines is 1. The molecule has 0 aliphatic rings. The van der Waals surface area contributed by atoms with Crippen LogP contribution in [0.4, 0.5) is 5.69 Å². The number of nitrogen functional groups attached to an aromatic ring is 1. The fraction of sp³-hybridized carbons (Fsp3) is 0.154. The number of aryl methyl sites for hydroxylation is 2. The molecule has 0 radical (unpaired) electrons. The molecule has 0 aliphatic carbocycles. The normalized spacial score (nSPS) is 10.5. The third-order valence-electron chi connectivity index (χ3n) is 2.62. The molecule has 0 aliphatic heterocycles. The molecule has 0 unspecified atom stereocenters. The van der Waals surface area contributed by atoms with E-state index in [-0.39, 0.29) is 5.43 Å². The number of nitrogens with zero attached hydrogens (tertiary/aromatic N) is 1. The Morgan fingerprint density at radius 1 is 1.12 bits per heavy atom. The van der Waals surface area contributed by atoms with Crippen molar-refractivity contribution in [2.75, 3.05) is 5.73 Å². The van der Waals surface area contributed by atoms with Crippen molar-refractivity contribution in [2.45, 2.75) is 13.8 Å². The molecule has 0 fully saturated rings. The van der Waals surface area contributed by atoms with Crippen molar-refractivity contribution < 1.29 is 0 Å². The van der Waals surface area contributed by atoms with Gasteiger partial charge in [-0.3, -0.25) is 4.79 Å². The van der Waals surface area contributed by atoms with Crippen LogP contribution in [0.5, 0.6) is 0 Å². The number of pyridine rings is 1. The summed E-state index contributed by atoms with van der Waals surface area (Å²) in [4.78, 5) is 11.4. The van der Waals surface area contributed by atoms with E-state index in [1.807, 2.05) is 24.5 Å². The van der Waals surface area contributed by atoms with Gasteiger partial charge in [-0.15, -0.1) is 0 Å². The number of nitrogens with two attached hydrogens (primary N) is 1. The fourth-order valence-electron chi connectivity index (χ4n) is 1.95. The van der Waals surface area contributed by atoms with E-state index in [0.717, 1.165) is 17.1 Å². The number of rotatable bonds is 1. The van der Waals surface area contributed by atoms with Crippen LogP contribution in [0, 0.1) is 13.8 Å². The van der Waals surface area contributed by atoms with E-state index in [0.29, 0.717) is 10.7 Å². The van der Waals surface area contributed by atoms with E-state index in [1.165, 1.54) is 0 Å².